The number of carbonyl (C=O) groups is 2. The maximum absolute atomic E-state index is 12.7. The zero-order valence-electron chi connectivity index (χ0n) is 18.1. The lowest BCUT2D eigenvalue weighted by Gasteiger charge is -2.29. The standard InChI is InChI=1S/C24H22N2O8/c1-24(31)19(34-21(29)16-10-6-3-7-11-16)17(14-32-20(28)15-8-4-2-5-9-15)33-22(24)26-18(27)12-13-25-23(26)30/h2-13,17,19,22,31H,14H2,1H3,(H,25,30)/t17-,19-,22-,24+/m1/s1. The number of nitrogens with one attached hydrogen (secondary N) is 1. The highest BCUT2D eigenvalue weighted by atomic mass is 16.6. The average Bonchev–Trinajstić information content (AvgIpc) is 3.08. The van der Waals surface area contributed by atoms with E-state index in [2.05, 4.69) is 4.98 Å². The van der Waals surface area contributed by atoms with Gasteiger partial charge in [0, 0.05) is 12.3 Å². The minimum atomic E-state index is -2.02. The van der Waals surface area contributed by atoms with Gasteiger partial charge in [-0.2, -0.15) is 0 Å². The Balaban J connectivity index is 1.63. The lowest BCUT2D eigenvalue weighted by Crippen LogP contribution is -2.51. The lowest BCUT2D eigenvalue weighted by atomic mass is 9.96. The third-order valence-corrected chi connectivity index (χ3v) is 5.47. The van der Waals surface area contributed by atoms with Crippen molar-refractivity contribution in [1.29, 1.82) is 0 Å². The van der Waals surface area contributed by atoms with Crippen molar-refractivity contribution >= 4 is 11.9 Å². The highest BCUT2D eigenvalue weighted by Gasteiger charge is 2.57. The van der Waals surface area contributed by atoms with Gasteiger partial charge < -0.3 is 24.3 Å². The molecule has 0 unspecified atom stereocenters. The van der Waals surface area contributed by atoms with Crippen LogP contribution in [0.5, 0.6) is 0 Å². The number of hydrogen-bond donors (Lipinski definition) is 2. The van der Waals surface area contributed by atoms with Crippen LogP contribution >= 0.6 is 0 Å². The molecule has 1 aliphatic heterocycles. The van der Waals surface area contributed by atoms with Gasteiger partial charge in [-0.25, -0.2) is 19.0 Å². The molecule has 4 rings (SSSR count). The number of esters is 2. The van der Waals surface area contributed by atoms with E-state index in [-0.39, 0.29) is 11.1 Å². The number of nitrogens with zero attached hydrogens (tertiary/aromatic N) is 1. The van der Waals surface area contributed by atoms with Crippen LogP contribution in [0.4, 0.5) is 0 Å². The summed E-state index contributed by atoms with van der Waals surface area (Å²) < 4.78 is 17.4. The molecule has 4 atom stereocenters. The van der Waals surface area contributed by atoms with Crippen LogP contribution in [-0.4, -0.2) is 51.0 Å². The first-order valence-corrected chi connectivity index (χ1v) is 10.5. The molecule has 0 radical (unpaired) electrons. The molecule has 2 heterocycles. The van der Waals surface area contributed by atoms with Crippen molar-refractivity contribution < 1.29 is 28.9 Å². The first-order chi connectivity index (χ1) is 16.3. The molecule has 1 saturated heterocycles. The van der Waals surface area contributed by atoms with Crippen molar-refractivity contribution in [2.45, 2.75) is 31.0 Å². The molecule has 3 aromatic rings. The van der Waals surface area contributed by atoms with Crippen LogP contribution in [0.3, 0.4) is 0 Å². The lowest BCUT2D eigenvalue weighted by molar-refractivity contribution is -0.102. The number of H-pyrrole nitrogens is 1. The van der Waals surface area contributed by atoms with Gasteiger partial charge in [0.25, 0.3) is 5.56 Å². The number of aromatic amines is 1. The van der Waals surface area contributed by atoms with Crippen molar-refractivity contribution in [3.8, 4) is 0 Å². The van der Waals surface area contributed by atoms with Crippen LogP contribution in [0.25, 0.3) is 0 Å². The number of aromatic nitrogens is 2. The fraction of sp³-hybridized carbons (Fsp3) is 0.250. The summed E-state index contributed by atoms with van der Waals surface area (Å²) in [5.41, 5.74) is -3.07. The van der Waals surface area contributed by atoms with Gasteiger partial charge in [0.15, 0.2) is 12.3 Å². The predicted molar refractivity (Wildman–Crippen MR) is 118 cm³/mol. The van der Waals surface area contributed by atoms with Crippen molar-refractivity contribution in [3.63, 3.8) is 0 Å². The summed E-state index contributed by atoms with van der Waals surface area (Å²) >= 11 is 0. The van der Waals surface area contributed by atoms with E-state index < -0.39 is 53.8 Å². The Morgan fingerprint density at radius 3 is 2.18 bits per heavy atom. The molecule has 34 heavy (non-hydrogen) atoms. The summed E-state index contributed by atoms with van der Waals surface area (Å²) in [5, 5.41) is 11.3. The maximum atomic E-state index is 12.7. The quantitative estimate of drug-likeness (QED) is 0.518. The molecule has 2 N–H and O–H groups in total. The molecule has 1 fully saturated rings. The van der Waals surface area contributed by atoms with Crippen molar-refractivity contribution in [3.05, 3.63) is 105 Å². The summed E-state index contributed by atoms with van der Waals surface area (Å²) in [6.45, 7) is 0.866. The zero-order chi connectivity index (χ0) is 24.3. The van der Waals surface area contributed by atoms with E-state index in [0.29, 0.717) is 4.57 Å². The molecule has 1 aliphatic rings. The molecular weight excluding hydrogens is 444 g/mol. The molecule has 2 aromatic carbocycles. The largest absolute Gasteiger partial charge is 0.459 e. The topological polar surface area (TPSA) is 137 Å². The first kappa shape index (κ1) is 23.1. The van der Waals surface area contributed by atoms with Gasteiger partial charge in [0.2, 0.25) is 0 Å². The third kappa shape index (κ3) is 4.54. The second-order valence-electron chi connectivity index (χ2n) is 7.90. The second-order valence-corrected chi connectivity index (χ2v) is 7.90. The minimum Gasteiger partial charge on any atom is -0.459 e. The average molecular weight is 466 g/mol. The van der Waals surface area contributed by atoms with E-state index in [0.717, 1.165) is 12.3 Å². The fourth-order valence-electron chi connectivity index (χ4n) is 3.76. The van der Waals surface area contributed by atoms with Gasteiger partial charge in [0.05, 0.1) is 11.1 Å². The van der Waals surface area contributed by atoms with Crippen LogP contribution in [-0.2, 0) is 14.2 Å². The number of benzene rings is 2. The number of rotatable bonds is 6. The Morgan fingerprint density at radius 1 is 1.00 bits per heavy atom. The van der Waals surface area contributed by atoms with E-state index in [1.165, 1.54) is 19.1 Å². The van der Waals surface area contributed by atoms with E-state index in [1.807, 2.05) is 0 Å². The van der Waals surface area contributed by atoms with E-state index >= 15 is 0 Å². The van der Waals surface area contributed by atoms with Gasteiger partial charge in [0.1, 0.15) is 18.3 Å². The third-order valence-electron chi connectivity index (χ3n) is 5.47. The van der Waals surface area contributed by atoms with Gasteiger partial charge >= 0.3 is 17.6 Å². The Bertz CT molecular complexity index is 1260. The Kier molecular flexibility index (Phi) is 6.44. The van der Waals surface area contributed by atoms with Crippen LogP contribution in [0, 0.1) is 0 Å². The van der Waals surface area contributed by atoms with Crippen molar-refractivity contribution in [2.24, 2.45) is 0 Å². The Morgan fingerprint density at radius 2 is 1.59 bits per heavy atom. The van der Waals surface area contributed by atoms with E-state index in [1.54, 1.807) is 48.5 Å². The minimum absolute atomic E-state index is 0.219. The smallest absolute Gasteiger partial charge is 0.338 e. The van der Waals surface area contributed by atoms with Crippen LogP contribution in [0.15, 0.2) is 82.5 Å². The first-order valence-electron chi connectivity index (χ1n) is 10.5. The van der Waals surface area contributed by atoms with Crippen molar-refractivity contribution in [2.75, 3.05) is 6.61 Å². The predicted octanol–water partition coefficient (Wildman–Crippen LogP) is 1.27. The Hall–Kier alpha value is -4.02. The summed E-state index contributed by atoms with van der Waals surface area (Å²) in [6, 6.07) is 17.4. The van der Waals surface area contributed by atoms with Crippen molar-refractivity contribution in [1.82, 2.24) is 9.55 Å². The number of carbonyl (C=O) groups excluding carboxylic acids is 2. The molecule has 0 spiro atoms. The zero-order valence-corrected chi connectivity index (χ0v) is 18.1. The molecule has 10 nitrogen and oxygen atoms in total. The molecule has 0 saturated carbocycles. The fourth-order valence-corrected chi connectivity index (χ4v) is 3.76. The second kappa shape index (κ2) is 9.46. The number of hydrogen-bond acceptors (Lipinski definition) is 8. The molecule has 0 bridgehead atoms. The Labute approximate surface area is 193 Å². The summed E-state index contributed by atoms with van der Waals surface area (Å²) in [5.74, 6) is -1.42. The SMILES string of the molecule is C[C@]1(O)[C@H](OC(=O)c2ccccc2)[C@@H](COC(=O)c2ccccc2)O[C@H]1n1c(=O)cc[nH]c1=O. The van der Waals surface area contributed by atoms with Gasteiger partial charge in [-0.15, -0.1) is 0 Å². The highest BCUT2D eigenvalue weighted by Crippen LogP contribution is 2.39. The van der Waals surface area contributed by atoms with Gasteiger partial charge in [-0.3, -0.25) is 4.79 Å². The van der Waals surface area contributed by atoms with E-state index in [4.69, 9.17) is 14.2 Å². The van der Waals surface area contributed by atoms with E-state index in [9.17, 15) is 24.3 Å². The molecular formula is C24H22N2O8. The summed E-state index contributed by atoms with van der Waals surface area (Å²) in [7, 11) is 0. The molecule has 0 amide bonds. The summed E-state index contributed by atoms with van der Waals surface area (Å²) in [4.78, 5) is 52.2. The van der Waals surface area contributed by atoms with Crippen LogP contribution < -0.4 is 11.2 Å². The highest BCUT2D eigenvalue weighted by molar-refractivity contribution is 5.90. The van der Waals surface area contributed by atoms with Gasteiger partial charge in [-0.05, 0) is 31.2 Å². The molecule has 10 heteroatoms. The monoisotopic (exact) mass is 466 g/mol. The number of ether oxygens (including phenoxy) is 3. The van der Waals surface area contributed by atoms with Crippen LogP contribution in [0.1, 0.15) is 33.9 Å². The van der Waals surface area contributed by atoms with Gasteiger partial charge in [-0.1, -0.05) is 36.4 Å². The van der Waals surface area contributed by atoms with Crippen LogP contribution in [0.2, 0.25) is 0 Å². The normalized spacial score (nSPS) is 23.9. The molecule has 176 valence electrons. The maximum Gasteiger partial charge on any atom is 0.338 e. The molecule has 0 aliphatic carbocycles. The molecule has 1 aromatic heterocycles. The summed E-state index contributed by atoms with van der Waals surface area (Å²) in [6.07, 6.45) is -2.90. The number of aliphatic hydroxyl groups is 1.